The van der Waals surface area contributed by atoms with E-state index in [1.54, 1.807) is 0 Å². The van der Waals surface area contributed by atoms with Crippen molar-refractivity contribution in [2.45, 2.75) is 0 Å². The van der Waals surface area contributed by atoms with Crippen molar-refractivity contribution in [2.24, 2.45) is 0 Å². The van der Waals surface area contributed by atoms with E-state index in [9.17, 15) is 0 Å². The average molecular weight is 649 g/mol. The van der Waals surface area contributed by atoms with Gasteiger partial charge in [0.25, 0.3) is 0 Å². The fourth-order valence-electron chi connectivity index (χ4n) is 7.92. The predicted molar refractivity (Wildman–Crippen MR) is 213 cm³/mol. The molecule has 11 aromatic rings. The molecule has 0 fully saturated rings. The molecule has 51 heavy (non-hydrogen) atoms. The van der Waals surface area contributed by atoms with Crippen LogP contribution in [-0.4, -0.2) is 9.97 Å². The molecule has 3 aromatic heterocycles. The van der Waals surface area contributed by atoms with E-state index < -0.39 is 0 Å². The lowest BCUT2D eigenvalue weighted by atomic mass is 9.93. The fraction of sp³-hybridized carbons (Fsp3) is 0. The first-order chi connectivity index (χ1) is 25.2. The summed E-state index contributed by atoms with van der Waals surface area (Å²) in [5.74, 6) is 0. The zero-order chi connectivity index (χ0) is 33.5. The number of para-hydroxylation sites is 1. The molecule has 0 unspecified atom stereocenters. The van der Waals surface area contributed by atoms with Crippen molar-refractivity contribution < 1.29 is 4.42 Å². The maximum atomic E-state index is 6.08. The van der Waals surface area contributed by atoms with Crippen LogP contribution in [0, 0.1) is 0 Å². The molecule has 0 aliphatic heterocycles. The van der Waals surface area contributed by atoms with Gasteiger partial charge in [-0.15, -0.1) is 0 Å². The van der Waals surface area contributed by atoms with Gasteiger partial charge in [-0.25, -0.2) is 9.97 Å². The lowest BCUT2D eigenvalue weighted by molar-refractivity contribution is 0.669. The molecule has 0 radical (unpaired) electrons. The summed E-state index contributed by atoms with van der Waals surface area (Å²) in [5, 5.41) is 12.0. The van der Waals surface area contributed by atoms with E-state index in [4.69, 9.17) is 14.4 Å². The summed E-state index contributed by atoms with van der Waals surface area (Å²) < 4.78 is 6.08. The molecule has 0 amide bonds. The molecular weight excluding hydrogens is 621 g/mol. The van der Waals surface area contributed by atoms with Crippen LogP contribution in [0.3, 0.4) is 0 Å². The second-order valence-corrected chi connectivity index (χ2v) is 13.3. The molecule has 3 heterocycles. The highest BCUT2D eigenvalue weighted by molar-refractivity contribution is 6.25. The Bertz CT molecular complexity index is 3170. The van der Waals surface area contributed by atoms with Gasteiger partial charge in [0.05, 0.1) is 22.4 Å². The molecule has 0 spiro atoms. The van der Waals surface area contributed by atoms with Crippen LogP contribution in [0.25, 0.3) is 110 Å². The highest BCUT2D eigenvalue weighted by Gasteiger charge is 2.13. The quantitative estimate of drug-likeness (QED) is 0.179. The van der Waals surface area contributed by atoms with Crippen molar-refractivity contribution >= 4 is 76.1 Å². The number of nitrogens with zero attached hydrogens (tertiary/aromatic N) is 2. The summed E-state index contributed by atoms with van der Waals surface area (Å²) in [6.07, 6.45) is 0. The van der Waals surface area contributed by atoms with Gasteiger partial charge in [0.15, 0.2) is 0 Å². The average Bonchev–Trinajstić information content (AvgIpc) is 3.58. The first-order valence-corrected chi connectivity index (χ1v) is 17.3. The Labute approximate surface area is 293 Å². The molecular formula is C48H28N2O. The summed E-state index contributed by atoms with van der Waals surface area (Å²) in [7, 11) is 0. The van der Waals surface area contributed by atoms with Crippen molar-refractivity contribution in [1.29, 1.82) is 0 Å². The number of aromatic nitrogens is 2. The van der Waals surface area contributed by atoms with Gasteiger partial charge in [-0.05, 0) is 85.9 Å². The Morgan fingerprint density at radius 1 is 0.294 bits per heavy atom. The van der Waals surface area contributed by atoms with Crippen molar-refractivity contribution in [2.75, 3.05) is 0 Å². The van der Waals surface area contributed by atoms with Gasteiger partial charge in [-0.1, -0.05) is 127 Å². The van der Waals surface area contributed by atoms with Gasteiger partial charge >= 0.3 is 0 Å². The number of rotatable bonds is 3. The van der Waals surface area contributed by atoms with Crippen LogP contribution in [0.2, 0.25) is 0 Å². The fourth-order valence-corrected chi connectivity index (χ4v) is 7.92. The number of hydrogen-bond acceptors (Lipinski definition) is 3. The molecule has 0 saturated carbocycles. The third-order valence-electron chi connectivity index (χ3n) is 10.4. The van der Waals surface area contributed by atoms with Gasteiger partial charge in [0.1, 0.15) is 11.2 Å². The van der Waals surface area contributed by atoms with Crippen LogP contribution in [0.5, 0.6) is 0 Å². The minimum absolute atomic E-state index is 0.900. The van der Waals surface area contributed by atoms with Crippen LogP contribution in [0.4, 0.5) is 0 Å². The molecule has 0 N–H and O–H groups in total. The summed E-state index contributed by atoms with van der Waals surface area (Å²) >= 11 is 0. The van der Waals surface area contributed by atoms with E-state index >= 15 is 0 Å². The normalized spacial score (nSPS) is 11.9. The molecule has 0 aliphatic carbocycles. The lowest BCUT2D eigenvalue weighted by Crippen LogP contribution is -1.91. The zero-order valence-corrected chi connectivity index (χ0v) is 27.5. The van der Waals surface area contributed by atoms with Gasteiger partial charge in [0, 0.05) is 32.7 Å². The molecule has 11 rings (SSSR count). The van der Waals surface area contributed by atoms with E-state index in [2.05, 4.69) is 158 Å². The number of hydrogen-bond donors (Lipinski definition) is 0. The number of benzene rings is 8. The molecule has 3 heteroatoms. The summed E-state index contributed by atoms with van der Waals surface area (Å²) in [6, 6.07) is 60.3. The number of pyridine rings is 2. The molecule has 236 valence electrons. The van der Waals surface area contributed by atoms with Crippen molar-refractivity contribution in [1.82, 2.24) is 9.97 Å². The van der Waals surface area contributed by atoms with Gasteiger partial charge < -0.3 is 4.42 Å². The molecule has 0 bridgehead atoms. The van der Waals surface area contributed by atoms with Crippen LogP contribution >= 0.6 is 0 Å². The first-order valence-electron chi connectivity index (χ1n) is 17.3. The van der Waals surface area contributed by atoms with E-state index in [0.29, 0.717) is 0 Å². The number of fused-ring (bicyclic) bond motifs is 12. The van der Waals surface area contributed by atoms with Crippen LogP contribution < -0.4 is 0 Å². The van der Waals surface area contributed by atoms with Gasteiger partial charge in [0.2, 0.25) is 0 Å². The zero-order valence-electron chi connectivity index (χ0n) is 27.5. The minimum Gasteiger partial charge on any atom is -0.456 e. The second kappa shape index (κ2) is 10.8. The topological polar surface area (TPSA) is 38.9 Å². The largest absolute Gasteiger partial charge is 0.456 e. The molecule has 0 atom stereocenters. The van der Waals surface area contributed by atoms with Crippen LogP contribution in [0.15, 0.2) is 174 Å². The molecule has 3 nitrogen and oxygen atoms in total. The van der Waals surface area contributed by atoms with Crippen molar-refractivity contribution in [3.05, 3.63) is 170 Å². The smallest absolute Gasteiger partial charge is 0.135 e. The third kappa shape index (κ3) is 4.38. The Hall–Kier alpha value is -6.84. The highest BCUT2D eigenvalue weighted by Crippen LogP contribution is 2.38. The van der Waals surface area contributed by atoms with Crippen molar-refractivity contribution in [3.63, 3.8) is 0 Å². The Morgan fingerprint density at radius 2 is 0.765 bits per heavy atom. The van der Waals surface area contributed by atoms with E-state index in [1.807, 2.05) is 12.1 Å². The monoisotopic (exact) mass is 648 g/mol. The lowest BCUT2D eigenvalue weighted by Gasteiger charge is -2.12. The Morgan fingerprint density at radius 3 is 1.45 bits per heavy atom. The number of furan rings is 1. The van der Waals surface area contributed by atoms with E-state index in [1.165, 1.54) is 32.3 Å². The maximum absolute atomic E-state index is 6.08. The maximum Gasteiger partial charge on any atom is 0.135 e. The molecule has 0 aliphatic rings. The molecule has 0 saturated heterocycles. The predicted octanol–water partition coefficient (Wildman–Crippen LogP) is 13.1. The molecule has 8 aromatic carbocycles. The Kier molecular flexibility index (Phi) is 5.96. The summed E-state index contributed by atoms with van der Waals surface area (Å²) in [5.41, 5.74) is 9.91. The summed E-state index contributed by atoms with van der Waals surface area (Å²) in [6.45, 7) is 0. The minimum atomic E-state index is 0.900. The first kappa shape index (κ1) is 28.0. The summed E-state index contributed by atoms with van der Waals surface area (Å²) in [4.78, 5) is 10.6. The standard InChI is InChI=1S/C48H28N2O/c1-2-12-37-35(10-1)36-11-3-4-13-38(36)41-28-34(18-22-39(37)41)44-24-20-30-17-16-29-19-23-43(49-47(29)48(30)50-44)33-9-7-8-31(26-33)32-21-25-46-42(27-32)40-14-5-6-15-45(40)51-46/h1-28H. The van der Waals surface area contributed by atoms with Gasteiger partial charge in [-0.2, -0.15) is 0 Å². The highest BCUT2D eigenvalue weighted by atomic mass is 16.3. The van der Waals surface area contributed by atoms with Gasteiger partial charge in [-0.3, -0.25) is 0 Å². The third-order valence-corrected chi connectivity index (χ3v) is 10.4. The van der Waals surface area contributed by atoms with Crippen LogP contribution in [-0.2, 0) is 0 Å². The van der Waals surface area contributed by atoms with E-state index in [-0.39, 0.29) is 0 Å². The SMILES string of the molecule is c1cc(-c2ccc3oc4ccccc4c3c2)cc(-c2ccc3ccc4ccc(-c5ccc6c7ccccc7c7ccccc7c6c5)nc4c3n2)c1. The van der Waals surface area contributed by atoms with E-state index in [0.717, 1.165) is 77.4 Å². The second-order valence-electron chi connectivity index (χ2n) is 13.3. The van der Waals surface area contributed by atoms with Crippen molar-refractivity contribution in [3.8, 4) is 33.6 Å². The Balaban J connectivity index is 1.03. The van der Waals surface area contributed by atoms with Crippen LogP contribution in [0.1, 0.15) is 0 Å².